The molecule has 96 valence electrons. The van der Waals surface area contributed by atoms with Gasteiger partial charge < -0.3 is 5.11 Å². The number of carbonyl (C=O) groups is 1. The first-order valence-corrected chi connectivity index (χ1v) is 6.38. The Labute approximate surface area is 107 Å². The molecule has 1 aliphatic heterocycles. The molecule has 1 fully saturated rings. The molecule has 1 heterocycles. The maximum absolute atomic E-state index is 10.7. The monoisotopic (exact) mass is 246 g/mol. The Morgan fingerprint density at radius 1 is 1.11 bits per heavy atom. The van der Waals surface area contributed by atoms with Crippen LogP contribution in [0.1, 0.15) is 41.6 Å². The van der Waals surface area contributed by atoms with E-state index in [4.69, 9.17) is 5.11 Å². The third kappa shape index (κ3) is 3.58. The van der Waals surface area contributed by atoms with Crippen molar-refractivity contribution in [2.24, 2.45) is 5.10 Å². The van der Waals surface area contributed by atoms with E-state index in [9.17, 15) is 4.79 Å². The SMILES string of the molecule is O=C(O)c1ccc(C=NN2CCCCCC2)cc1. The molecule has 4 heteroatoms. The highest BCUT2D eigenvalue weighted by Gasteiger charge is 2.05. The number of nitrogens with zero attached hydrogens (tertiary/aromatic N) is 2. The number of carboxylic acids is 1. The van der Waals surface area contributed by atoms with E-state index < -0.39 is 5.97 Å². The highest BCUT2D eigenvalue weighted by Crippen LogP contribution is 2.10. The Morgan fingerprint density at radius 3 is 2.28 bits per heavy atom. The predicted molar refractivity (Wildman–Crippen MR) is 71.0 cm³/mol. The molecule has 2 rings (SSSR count). The van der Waals surface area contributed by atoms with Gasteiger partial charge in [-0.3, -0.25) is 5.01 Å². The Hall–Kier alpha value is -1.84. The molecule has 4 nitrogen and oxygen atoms in total. The summed E-state index contributed by atoms with van der Waals surface area (Å²) >= 11 is 0. The Kier molecular flexibility index (Phi) is 4.34. The second-order valence-electron chi connectivity index (χ2n) is 4.54. The summed E-state index contributed by atoms with van der Waals surface area (Å²) in [6, 6.07) is 6.77. The minimum Gasteiger partial charge on any atom is -0.478 e. The van der Waals surface area contributed by atoms with Crippen LogP contribution in [-0.2, 0) is 0 Å². The summed E-state index contributed by atoms with van der Waals surface area (Å²) in [6.45, 7) is 2.04. The highest BCUT2D eigenvalue weighted by atomic mass is 16.4. The smallest absolute Gasteiger partial charge is 0.335 e. The molecule has 0 bridgehead atoms. The van der Waals surface area contributed by atoms with Crippen molar-refractivity contribution >= 4 is 12.2 Å². The van der Waals surface area contributed by atoms with Crippen molar-refractivity contribution in [2.45, 2.75) is 25.7 Å². The molecule has 1 aromatic rings. The lowest BCUT2D eigenvalue weighted by Gasteiger charge is -2.15. The van der Waals surface area contributed by atoms with Crippen LogP contribution in [0.3, 0.4) is 0 Å². The van der Waals surface area contributed by atoms with Gasteiger partial charge in [0.2, 0.25) is 0 Å². The van der Waals surface area contributed by atoms with Crippen LogP contribution in [0.4, 0.5) is 0 Å². The van der Waals surface area contributed by atoms with Crippen molar-refractivity contribution in [3.63, 3.8) is 0 Å². The minimum absolute atomic E-state index is 0.307. The number of aromatic carboxylic acids is 1. The molecule has 0 aromatic heterocycles. The normalized spacial score (nSPS) is 16.8. The number of hydrazone groups is 1. The number of hydrogen-bond acceptors (Lipinski definition) is 3. The van der Waals surface area contributed by atoms with E-state index in [1.54, 1.807) is 30.5 Å². The predicted octanol–water partition coefficient (Wildman–Crippen LogP) is 2.59. The van der Waals surface area contributed by atoms with Crippen LogP contribution in [0.2, 0.25) is 0 Å². The van der Waals surface area contributed by atoms with Crippen LogP contribution in [-0.4, -0.2) is 35.4 Å². The topological polar surface area (TPSA) is 52.9 Å². The molecule has 0 aliphatic carbocycles. The van der Waals surface area contributed by atoms with Gasteiger partial charge in [0.1, 0.15) is 0 Å². The van der Waals surface area contributed by atoms with E-state index in [0.717, 1.165) is 18.7 Å². The quantitative estimate of drug-likeness (QED) is 0.834. The van der Waals surface area contributed by atoms with E-state index in [1.807, 2.05) is 0 Å². The lowest BCUT2D eigenvalue weighted by atomic mass is 10.1. The summed E-state index contributed by atoms with van der Waals surface area (Å²) in [7, 11) is 0. The van der Waals surface area contributed by atoms with Crippen LogP contribution < -0.4 is 0 Å². The molecule has 0 unspecified atom stereocenters. The molecule has 0 saturated carbocycles. The molecule has 1 aliphatic rings. The maximum atomic E-state index is 10.7. The van der Waals surface area contributed by atoms with Gasteiger partial charge in [-0.2, -0.15) is 5.10 Å². The molecule has 0 atom stereocenters. The lowest BCUT2D eigenvalue weighted by molar-refractivity contribution is 0.0697. The van der Waals surface area contributed by atoms with Crippen LogP contribution in [0.25, 0.3) is 0 Å². The van der Waals surface area contributed by atoms with Gasteiger partial charge in [-0.15, -0.1) is 0 Å². The van der Waals surface area contributed by atoms with Crippen LogP contribution >= 0.6 is 0 Å². The summed E-state index contributed by atoms with van der Waals surface area (Å²) in [5.41, 5.74) is 1.24. The highest BCUT2D eigenvalue weighted by molar-refractivity contribution is 5.89. The zero-order valence-electron chi connectivity index (χ0n) is 10.4. The van der Waals surface area contributed by atoms with Gasteiger partial charge in [-0.1, -0.05) is 25.0 Å². The van der Waals surface area contributed by atoms with Crippen LogP contribution in [0.15, 0.2) is 29.4 Å². The standard InChI is InChI=1S/C14H18N2O2/c17-14(18)13-7-5-12(6-8-13)11-15-16-9-3-1-2-4-10-16/h5-8,11H,1-4,9-10H2,(H,17,18). The van der Waals surface area contributed by atoms with E-state index in [-0.39, 0.29) is 0 Å². The molecule has 18 heavy (non-hydrogen) atoms. The molecule has 0 spiro atoms. The van der Waals surface area contributed by atoms with Gasteiger partial charge in [0.05, 0.1) is 11.8 Å². The first-order chi connectivity index (χ1) is 8.75. The zero-order chi connectivity index (χ0) is 12.8. The summed E-state index contributed by atoms with van der Waals surface area (Å²) < 4.78 is 0. The Morgan fingerprint density at radius 2 is 1.72 bits per heavy atom. The van der Waals surface area contributed by atoms with Crippen molar-refractivity contribution < 1.29 is 9.90 Å². The third-order valence-corrected chi connectivity index (χ3v) is 3.11. The molecule has 0 radical (unpaired) electrons. The Balaban J connectivity index is 1.97. The van der Waals surface area contributed by atoms with Crippen LogP contribution in [0, 0.1) is 0 Å². The third-order valence-electron chi connectivity index (χ3n) is 3.11. The van der Waals surface area contributed by atoms with Gasteiger partial charge in [-0.05, 0) is 30.5 Å². The van der Waals surface area contributed by atoms with Crippen molar-refractivity contribution in [3.8, 4) is 0 Å². The fourth-order valence-electron chi connectivity index (χ4n) is 2.03. The van der Waals surface area contributed by atoms with E-state index in [2.05, 4.69) is 10.1 Å². The second-order valence-corrected chi connectivity index (χ2v) is 4.54. The zero-order valence-corrected chi connectivity index (χ0v) is 10.4. The average molecular weight is 246 g/mol. The largest absolute Gasteiger partial charge is 0.478 e. The summed E-state index contributed by atoms with van der Waals surface area (Å²) in [5.74, 6) is -0.897. The molecular formula is C14H18N2O2. The number of benzene rings is 1. The van der Waals surface area contributed by atoms with E-state index in [0.29, 0.717) is 5.56 Å². The van der Waals surface area contributed by atoms with Gasteiger partial charge in [0, 0.05) is 13.1 Å². The number of carboxylic acid groups (broad SMARTS) is 1. The average Bonchev–Trinajstić information content (AvgIpc) is 2.65. The minimum atomic E-state index is -0.897. The van der Waals surface area contributed by atoms with Gasteiger partial charge in [-0.25, -0.2) is 4.79 Å². The lowest BCUT2D eigenvalue weighted by Crippen LogP contribution is -2.18. The maximum Gasteiger partial charge on any atom is 0.335 e. The molecule has 0 amide bonds. The summed E-state index contributed by atoms with van der Waals surface area (Å²) in [5, 5.41) is 15.3. The second kappa shape index (κ2) is 6.19. The summed E-state index contributed by atoms with van der Waals surface area (Å²) in [4.78, 5) is 10.7. The van der Waals surface area contributed by atoms with Crippen LogP contribution in [0.5, 0.6) is 0 Å². The Bertz CT molecular complexity index is 418. The first-order valence-electron chi connectivity index (χ1n) is 6.38. The van der Waals surface area contributed by atoms with Gasteiger partial charge in [0.15, 0.2) is 0 Å². The molecular weight excluding hydrogens is 228 g/mol. The first kappa shape index (κ1) is 12.6. The van der Waals surface area contributed by atoms with Gasteiger partial charge >= 0.3 is 5.97 Å². The number of hydrogen-bond donors (Lipinski definition) is 1. The summed E-state index contributed by atoms with van der Waals surface area (Å²) in [6.07, 6.45) is 6.79. The van der Waals surface area contributed by atoms with Crippen molar-refractivity contribution in [1.82, 2.24) is 5.01 Å². The molecule has 1 N–H and O–H groups in total. The van der Waals surface area contributed by atoms with Gasteiger partial charge in [0.25, 0.3) is 0 Å². The van der Waals surface area contributed by atoms with Crippen molar-refractivity contribution in [2.75, 3.05) is 13.1 Å². The fourth-order valence-corrected chi connectivity index (χ4v) is 2.03. The molecule has 1 aromatic carbocycles. The van der Waals surface area contributed by atoms with Crippen molar-refractivity contribution in [3.05, 3.63) is 35.4 Å². The van der Waals surface area contributed by atoms with E-state index in [1.165, 1.54) is 25.7 Å². The fraction of sp³-hybridized carbons (Fsp3) is 0.429. The van der Waals surface area contributed by atoms with E-state index >= 15 is 0 Å². The number of rotatable bonds is 3. The van der Waals surface area contributed by atoms with Crippen molar-refractivity contribution in [1.29, 1.82) is 0 Å². The molecule has 1 saturated heterocycles.